The molecule has 0 aliphatic rings. The van der Waals surface area contributed by atoms with Crippen molar-refractivity contribution in [1.29, 1.82) is 0 Å². The third-order valence-corrected chi connectivity index (χ3v) is 3.16. The fraction of sp³-hybridized carbons (Fsp3) is 0.333. The number of amides is 2. The van der Waals surface area contributed by atoms with E-state index in [-0.39, 0.29) is 6.04 Å². The van der Waals surface area contributed by atoms with E-state index in [1.54, 1.807) is 6.92 Å². The SMILES string of the molecule is CSCC(C)NC(=O)Nc1cc(C(=O)O)c(F)cc1F. The molecule has 0 spiro atoms. The number of hydrogen-bond donors (Lipinski definition) is 3. The highest BCUT2D eigenvalue weighted by Crippen LogP contribution is 2.19. The summed E-state index contributed by atoms with van der Waals surface area (Å²) in [5.41, 5.74) is -1.10. The summed E-state index contributed by atoms with van der Waals surface area (Å²) in [6.45, 7) is 1.76. The Hall–Kier alpha value is -1.83. The van der Waals surface area contributed by atoms with Gasteiger partial charge in [0.15, 0.2) is 0 Å². The summed E-state index contributed by atoms with van der Waals surface area (Å²) in [7, 11) is 0. The Morgan fingerprint density at radius 1 is 1.35 bits per heavy atom. The van der Waals surface area contributed by atoms with Gasteiger partial charge in [-0.05, 0) is 19.2 Å². The lowest BCUT2D eigenvalue weighted by molar-refractivity contribution is 0.0692. The zero-order valence-electron chi connectivity index (χ0n) is 10.9. The van der Waals surface area contributed by atoms with Crippen molar-refractivity contribution in [2.24, 2.45) is 0 Å². The summed E-state index contributed by atoms with van der Waals surface area (Å²) < 4.78 is 26.6. The van der Waals surface area contributed by atoms with Crippen molar-refractivity contribution < 1.29 is 23.5 Å². The largest absolute Gasteiger partial charge is 0.478 e. The van der Waals surface area contributed by atoms with Crippen LogP contribution < -0.4 is 10.6 Å². The minimum Gasteiger partial charge on any atom is -0.478 e. The van der Waals surface area contributed by atoms with Gasteiger partial charge in [-0.2, -0.15) is 11.8 Å². The van der Waals surface area contributed by atoms with Crippen molar-refractivity contribution in [1.82, 2.24) is 5.32 Å². The van der Waals surface area contributed by atoms with Gasteiger partial charge in [0.2, 0.25) is 0 Å². The maximum absolute atomic E-state index is 13.5. The number of carboxylic acids is 1. The van der Waals surface area contributed by atoms with Crippen LogP contribution in [0.3, 0.4) is 0 Å². The molecule has 2 amide bonds. The van der Waals surface area contributed by atoms with Crippen molar-refractivity contribution >= 4 is 29.4 Å². The van der Waals surface area contributed by atoms with E-state index >= 15 is 0 Å². The minimum atomic E-state index is -1.54. The van der Waals surface area contributed by atoms with E-state index in [0.717, 1.165) is 6.07 Å². The molecular weight excluding hydrogens is 290 g/mol. The van der Waals surface area contributed by atoms with Crippen LogP contribution in [0.25, 0.3) is 0 Å². The van der Waals surface area contributed by atoms with Gasteiger partial charge in [-0.3, -0.25) is 0 Å². The predicted octanol–water partition coefficient (Wildman–Crippen LogP) is 2.54. The first-order chi connectivity index (χ1) is 9.35. The molecule has 3 N–H and O–H groups in total. The van der Waals surface area contributed by atoms with E-state index in [4.69, 9.17) is 5.11 Å². The normalized spacial score (nSPS) is 11.8. The summed E-state index contributed by atoms with van der Waals surface area (Å²) >= 11 is 1.53. The van der Waals surface area contributed by atoms with E-state index in [9.17, 15) is 18.4 Å². The molecule has 110 valence electrons. The number of carbonyl (C=O) groups is 2. The second-order valence-corrected chi connectivity index (χ2v) is 4.98. The molecule has 0 aromatic heterocycles. The fourth-order valence-electron chi connectivity index (χ4n) is 1.48. The Morgan fingerprint density at radius 2 is 2.00 bits per heavy atom. The molecule has 1 atom stereocenters. The van der Waals surface area contributed by atoms with Crippen molar-refractivity contribution in [3.63, 3.8) is 0 Å². The summed E-state index contributed by atoms with van der Waals surface area (Å²) in [6.07, 6.45) is 1.87. The molecule has 0 heterocycles. The van der Waals surface area contributed by atoms with Crippen LogP contribution in [0.5, 0.6) is 0 Å². The fourth-order valence-corrected chi connectivity index (χ4v) is 2.07. The molecule has 0 fully saturated rings. The van der Waals surface area contributed by atoms with Crippen LogP contribution in [-0.2, 0) is 0 Å². The number of benzene rings is 1. The Morgan fingerprint density at radius 3 is 2.55 bits per heavy atom. The molecular formula is C12H14F2N2O3S. The monoisotopic (exact) mass is 304 g/mol. The van der Waals surface area contributed by atoms with Crippen molar-refractivity contribution in [2.45, 2.75) is 13.0 Å². The second-order valence-electron chi connectivity index (χ2n) is 4.07. The van der Waals surface area contributed by atoms with Crippen LogP contribution in [0.15, 0.2) is 12.1 Å². The Balaban J connectivity index is 2.84. The van der Waals surface area contributed by atoms with Crippen LogP contribution in [0.4, 0.5) is 19.3 Å². The van der Waals surface area contributed by atoms with Gasteiger partial charge >= 0.3 is 12.0 Å². The van der Waals surface area contributed by atoms with E-state index < -0.39 is 34.9 Å². The van der Waals surface area contributed by atoms with E-state index in [0.29, 0.717) is 11.8 Å². The van der Waals surface area contributed by atoms with Gasteiger partial charge in [0, 0.05) is 17.9 Å². The third kappa shape index (κ3) is 4.37. The number of aromatic carboxylic acids is 1. The molecule has 8 heteroatoms. The first kappa shape index (κ1) is 16.2. The molecule has 1 aromatic rings. The Bertz CT molecular complexity index is 526. The predicted molar refractivity (Wildman–Crippen MR) is 73.3 cm³/mol. The van der Waals surface area contributed by atoms with Gasteiger partial charge in [0.1, 0.15) is 11.6 Å². The number of urea groups is 1. The number of halogens is 2. The number of thioether (sulfide) groups is 1. The lowest BCUT2D eigenvalue weighted by Crippen LogP contribution is -2.37. The summed E-state index contributed by atoms with van der Waals surface area (Å²) in [5.74, 6) is -3.11. The number of carbonyl (C=O) groups excluding carboxylic acids is 1. The Labute approximate surface area is 118 Å². The zero-order chi connectivity index (χ0) is 15.3. The van der Waals surface area contributed by atoms with Crippen LogP contribution in [0.2, 0.25) is 0 Å². The molecule has 0 saturated carbocycles. The van der Waals surface area contributed by atoms with Crippen LogP contribution >= 0.6 is 11.8 Å². The van der Waals surface area contributed by atoms with Gasteiger partial charge in [0.25, 0.3) is 0 Å². The molecule has 1 aromatic carbocycles. The Kier molecular flexibility index (Phi) is 5.75. The number of hydrogen-bond acceptors (Lipinski definition) is 3. The average molecular weight is 304 g/mol. The first-order valence-electron chi connectivity index (χ1n) is 5.64. The van der Waals surface area contributed by atoms with Gasteiger partial charge in [-0.15, -0.1) is 0 Å². The number of anilines is 1. The number of nitrogens with one attached hydrogen (secondary N) is 2. The van der Waals surface area contributed by atoms with Gasteiger partial charge < -0.3 is 15.7 Å². The molecule has 1 rings (SSSR count). The molecule has 0 aliphatic heterocycles. The summed E-state index contributed by atoms with van der Waals surface area (Å²) in [6, 6.07) is 0.330. The standard InChI is InChI=1S/C12H14F2N2O3S/c1-6(5-20-2)15-12(19)16-10-3-7(11(17)18)8(13)4-9(10)14/h3-4,6H,5H2,1-2H3,(H,17,18)(H2,15,16,19). The smallest absolute Gasteiger partial charge is 0.338 e. The molecule has 20 heavy (non-hydrogen) atoms. The molecule has 0 saturated heterocycles. The average Bonchev–Trinajstić information content (AvgIpc) is 2.32. The number of carboxylic acid groups (broad SMARTS) is 1. The van der Waals surface area contributed by atoms with Crippen LogP contribution in [0.1, 0.15) is 17.3 Å². The highest BCUT2D eigenvalue weighted by molar-refractivity contribution is 7.98. The van der Waals surface area contributed by atoms with Crippen molar-refractivity contribution in [3.8, 4) is 0 Å². The summed E-state index contributed by atoms with van der Waals surface area (Å²) in [5, 5.41) is 13.4. The van der Waals surface area contributed by atoms with Crippen LogP contribution in [0, 0.1) is 11.6 Å². The minimum absolute atomic E-state index is 0.146. The van der Waals surface area contributed by atoms with Gasteiger partial charge in [0.05, 0.1) is 11.3 Å². The molecule has 0 aliphatic carbocycles. The molecule has 1 unspecified atom stereocenters. The maximum Gasteiger partial charge on any atom is 0.338 e. The molecule has 0 bridgehead atoms. The van der Waals surface area contributed by atoms with E-state index in [1.165, 1.54) is 11.8 Å². The molecule has 5 nitrogen and oxygen atoms in total. The van der Waals surface area contributed by atoms with Crippen molar-refractivity contribution in [2.75, 3.05) is 17.3 Å². The number of rotatable bonds is 5. The molecule has 0 radical (unpaired) electrons. The maximum atomic E-state index is 13.5. The van der Waals surface area contributed by atoms with E-state index in [1.807, 2.05) is 6.26 Å². The second kappa shape index (κ2) is 7.09. The third-order valence-electron chi connectivity index (χ3n) is 2.33. The lowest BCUT2D eigenvalue weighted by Gasteiger charge is -2.14. The highest BCUT2D eigenvalue weighted by Gasteiger charge is 2.17. The quantitative estimate of drug-likeness (QED) is 0.781. The summed E-state index contributed by atoms with van der Waals surface area (Å²) in [4.78, 5) is 22.3. The topological polar surface area (TPSA) is 78.4 Å². The first-order valence-corrected chi connectivity index (χ1v) is 7.03. The van der Waals surface area contributed by atoms with Crippen LogP contribution in [-0.4, -0.2) is 35.2 Å². The zero-order valence-corrected chi connectivity index (χ0v) is 11.7. The van der Waals surface area contributed by atoms with E-state index in [2.05, 4.69) is 10.6 Å². The van der Waals surface area contributed by atoms with Crippen molar-refractivity contribution in [3.05, 3.63) is 29.3 Å². The van der Waals surface area contributed by atoms with Gasteiger partial charge in [-0.1, -0.05) is 0 Å². The highest BCUT2D eigenvalue weighted by atomic mass is 32.2. The lowest BCUT2D eigenvalue weighted by atomic mass is 10.2. The van der Waals surface area contributed by atoms with Gasteiger partial charge in [-0.25, -0.2) is 18.4 Å².